The summed E-state index contributed by atoms with van der Waals surface area (Å²) >= 11 is 1.57. The highest BCUT2D eigenvalue weighted by atomic mass is 32.1. The number of hydrogen-bond donors (Lipinski definition) is 0. The summed E-state index contributed by atoms with van der Waals surface area (Å²) < 4.78 is 14.6. The van der Waals surface area contributed by atoms with Gasteiger partial charge in [0, 0.05) is 13.1 Å². The van der Waals surface area contributed by atoms with Crippen molar-refractivity contribution in [2.45, 2.75) is 13.0 Å². The molecule has 2 aromatic carbocycles. The van der Waals surface area contributed by atoms with Crippen LogP contribution in [0.4, 0.5) is 9.52 Å². The van der Waals surface area contributed by atoms with Crippen LogP contribution in [-0.2, 0) is 13.0 Å². The van der Waals surface area contributed by atoms with Crippen LogP contribution in [0.2, 0.25) is 0 Å². The van der Waals surface area contributed by atoms with E-state index in [2.05, 4.69) is 34.1 Å². The van der Waals surface area contributed by atoms with E-state index in [4.69, 9.17) is 0 Å². The van der Waals surface area contributed by atoms with Gasteiger partial charge in [-0.15, -0.1) is 0 Å². The fourth-order valence-corrected chi connectivity index (χ4v) is 3.70. The maximum atomic E-state index is 13.7. The largest absolute Gasteiger partial charge is 0.343 e. The fourth-order valence-electron chi connectivity index (χ4n) is 2.70. The number of para-hydroxylation sites is 1. The maximum Gasteiger partial charge on any atom is 0.186 e. The Morgan fingerprint density at radius 2 is 1.90 bits per heavy atom. The number of nitrogens with zero attached hydrogens (tertiary/aromatic N) is 2. The Labute approximate surface area is 120 Å². The van der Waals surface area contributed by atoms with E-state index in [1.807, 2.05) is 6.07 Å². The average molecular weight is 284 g/mol. The molecule has 0 saturated carbocycles. The van der Waals surface area contributed by atoms with Crippen molar-refractivity contribution in [2.75, 3.05) is 11.4 Å². The Kier molecular flexibility index (Phi) is 2.70. The molecule has 0 unspecified atom stereocenters. The number of thiazole rings is 1. The molecule has 2 nitrogen and oxygen atoms in total. The summed E-state index contributed by atoms with van der Waals surface area (Å²) in [4.78, 5) is 6.72. The molecular formula is C16H13FN2S. The van der Waals surface area contributed by atoms with Crippen molar-refractivity contribution in [3.8, 4) is 0 Å². The molecule has 0 N–H and O–H groups in total. The Bertz CT molecular complexity index is 781. The molecule has 100 valence electrons. The van der Waals surface area contributed by atoms with E-state index in [0.29, 0.717) is 5.52 Å². The minimum atomic E-state index is -0.234. The molecule has 1 aliphatic rings. The highest BCUT2D eigenvalue weighted by molar-refractivity contribution is 7.22. The molecule has 0 aliphatic carbocycles. The zero-order chi connectivity index (χ0) is 13.5. The molecule has 2 heterocycles. The van der Waals surface area contributed by atoms with Crippen molar-refractivity contribution < 1.29 is 4.39 Å². The van der Waals surface area contributed by atoms with Crippen molar-refractivity contribution >= 4 is 26.7 Å². The molecule has 0 atom stereocenters. The molecule has 0 bridgehead atoms. The first kappa shape index (κ1) is 11.9. The van der Waals surface area contributed by atoms with Gasteiger partial charge in [0.05, 0.1) is 4.70 Å². The van der Waals surface area contributed by atoms with E-state index in [-0.39, 0.29) is 5.82 Å². The summed E-state index contributed by atoms with van der Waals surface area (Å²) in [6, 6.07) is 13.6. The first-order valence-corrected chi connectivity index (χ1v) is 7.50. The van der Waals surface area contributed by atoms with Gasteiger partial charge in [-0.2, -0.15) is 0 Å². The lowest BCUT2D eigenvalue weighted by Gasteiger charge is -2.28. The molecule has 3 aromatic rings. The number of fused-ring (bicyclic) bond motifs is 2. The topological polar surface area (TPSA) is 16.1 Å². The molecule has 1 aromatic heterocycles. The van der Waals surface area contributed by atoms with Gasteiger partial charge in [0.15, 0.2) is 5.13 Å². The maximum absolute atomic E-state index is 13.7. The van der Waals surface area contributed by atoms with Crippen LogP contribution in [-0.4, -0.2) is 11.5 Å². The normalized spacial score (nSPS) is 14.6. The molecule has 0 radical (unpaired) electrons. The summed E-state index contributed by atoms with van der Waals surface area (Å²) in [5.41, 5.74) is 3.25. The zero-order valence-electron chi connectivity index (χ0n) is 10.8. The molecule has 0 amide bonds. The van der Waals surface area contributed by atoms with Crippen molar-refractivity contribution in [2.24, 2.45) is 0 Å². The van der Waals surface area contributed by atoms with E-state index >= 15 is 0 Å². The molecule has 1 aliphatic heterocycles. The van der Waals surface area contributed by atoms with E-state index < -0.39 is 0 Å². The Balaban J connectivity index is 1.72. The monoisotopic (exact) mass is 284 g/mol. The van der Waals surface area contributed by atoms with Crippen LogP contribution < -0.4 is 4.90 Å². The molecule has 0 spiro atoms. The second kappa shape index (κ2) is 4.56. The minimum absolute atomic E-state index is 0.234. The SMILES string of the molecule is Fc1cccc2sc(N3CCc4ccccc4C3)nc12. The van der Waals surface area contributed by atoms with Crippen molar-refractivity contribution in [1.29, 1.82) is 0 Å². The van der Waals surface area contributed by atoms with E-state index in [1.165, 1.54) is 17.2 Å². The van der Waals surface area contributed by atoms with Crippen LogP contribution >= 0.6 is 11.3 Å². The van der Waals surface area contributed by atoms with Gasteiger partial charge in [0.25, 0.3) is 0 Å². The van der Waals surface area contributed by atoms with Crippen molar-refractivity contribution in [3.63, 3.8) is 0 Å². The van der Waals surface area contributed by atoms with Crippen LogP contribution in [0.5, 0.6) is 0 Å². The molecule has 4 heteroatoms. The molecule has 0 fully saturated rings. The molecular weight excluding hydrogens is 271 g/mol. The predicted molar refractivity (Wildman–Crippen MR) is 80.8 cm³/mol. The summed E-state index contributed by atoms with van der Waals surface area (Å²) in [5.74, 6) is -0.234. The van der Waals surface area contributed by atoms with Gasteiger partial charge in [-0.3, -0.25) is 0 Å². The minimum Gasteiger partial charge on any atom is -0.343 e. The van der Waals surface area contributed by atoms with Crippen molar-refractivity contribution in [3.05, 3.63) is 59.4 Å². The molecule has 0 saturated heterocycles. The highest BCUT2D eigenvalue weighted by Crippen LogP contribution is 2.32. The van der Waals surface area contributed by atoms with Crippen LogP contribution in [0.1, 0.15) is 11.1 Å². The van der Waals surface area contributed by atoms with E-state index in [9.17, 15) is 4.39 Å². The van der Waals surface area contributed by atoms with Crippen LogP contribution in [0, 0.1) is 5.82 Å². The number of benzene rings is 2. The second-order valence-electron chi connectivity index (χ2n) is 5.02. The third-order valence-electron chi connectivity index (χ3n) is 3.76. The first-order chi connectivity index (χ1) is 9.81. The summed E-state index contributed by atoms with van der Waals surface area (Å²) in [5, 5.41) is 0.916. The average Bonchev–Trinajstić information content (AvgIpc) is 2.92. The van der Waals surface area contributed by atoms with Crippen LogP contribution in [0.3, 0.4) is 0 Å². The van der Waals surface area contributed by atoms with Gasteiger partial charge < -0.3 is 4.90 Å². The standard InChI is InChI=1S/C16H13FN2S/c17-13-6-3-7-14-15(13)18-16(20-14)19-9-8-11-4-1-2-5-12(11)10-19/h1-7H,8-10H2. The second-order valence-corrected chi connectivity index (χ2v) is 6.03. The van der Waals surface area contributed by atoms with Crippen LogP contribution in [0.25, 0.3) is 10.2 Å². The smallest absolute Gasteiger partial charge is 0.186 e. The fraction of sp³-hybridized carbons (Fsp3) is 0.188. The number of hydrogen-bond acceptors (Lipinski definition) is 3. The number of anilines is 1. The predicted octanol–water partition coefficient (Wildman–Crippen LogP) is 4.00. The third-order valence-corrected chi connectivity index (χ3v) is 4.84. The van der Waals surface area contributed by atoms with E-state index in [1.54, 1.807) is 17.4 Å². The lowest BCUT2D eigenvalue weighted by Crippen LogP contribution is -2.30. The van der Waals surface area contributed by atoms with Gasteiger partial charge in [-0.25, -0.2) is 9.37 Å². The first-order valence-electron chi connectivity index (χ1n) is 6.68. The lowest BCUT2D eigenvalue weighted by molar-refractivity contribution is 0.637. The summed E-state index contributed by atoms with van der Waals surface area (Å²) in [6.07, 6.45) is 1.02. The lowest BCUT2D eigenvalue weighted by atomic mass is 10.0. The number of halogens is 1. The highest BCUT2D eigenvalue weighted by Gasteiger charge is 2.19. The van der Waals surface area contributed by atoms with Gasteiger partial charge in [0.2, 0.25) is 0 Å². The number of rotatable bonds is 1. The Morgan fingerprint density at radius 1 is 1.05 bits per heavy atom. The summed E-state index contributed by atoms with van der Waals surface area (Å²) in [7, 11) is 0. The van der Waals surface area contributed by atoms with Gasteiger partial charge in [0.1, 0.15) is 11.3 Å². The summed E-state index contributed by atoms with van der Waals surface area (Å²) in [6.45, 7) is 1.80. The Hall–Kier alpha value is -1.94. The van der Waals surface area contributed by atoms with Gasteiger partial charge in [-0.05, 0) is 29.7 Å². The van der Waals surface area contributed by atoms with E-state index in [0.717, 1.165) is 29.3 Å². The van der Waals surface area contributed by atoms with Gasteiger partial charge >= 0.3 is 0 Å². The van der Waals surface area contributed by atoms with Crippen LogP contribution in [0.15, 0.2) is 42.5 Å². The third kappa shape index (κ3) is 1.88. The zero-order valence-corrected chi connectivity index (χ0v) is 11.7. The number of aromatic nitrogens is 1. The van der Waals surface area contributed by atoms with Gasteiger partial charge in [-0.1, -0.05) is 41.7 Å². The van der Waals surface area contributed by atoms with Crippen molar-refractivity contribution in [1.82, 2.24) is 4.98 Å². The Morgan fingerprint density at radius 3 is 2.75 bits per heavy atom. The molecule has 20 heavy (non-hydrogen) atoms. The molecule has 4 rings (SSSR count). The quantitative estimate of drug-likeness (QED) is 0.671.